The molecule has 0 spiro atoms. The Morgan fingerprint density at radius 3 is 2.62 bits per heavy atom. The number of amides is 1. The molecule has 4 nitrogen and oxygen atoms in total. The Bertz CT molecular complexity index is 565. The van der Waals surface area contributed by atoms with Gasteiger partial charge in [0.05, 0.1) is 7.11 Å². The molecule has 4 heteroatoms. The molecule has 3 rings (SSSR count). The number of aryl methyl sites for hydroxylation is 1. The summed E-state index contributed by atoms with van der Waals surface area (Å²) >= 11 is 0. The van der Waals surface area contributed by atoms with E-state index in [1.54, 1.807) is 14.0 Å². The molecule has 24 heavy (non-hydrogen) atoms. The number of methoxy groups -OCH3 is 1. The third-order valence-corrected chi connectivity index (χ3v) is 5.58. The van der Waals surface area contributed by atoms with E-state index in [2.05, 4.69) is 28.8 Å². The Morgan fingerprint density at radius 1 is 1.17 bits per heavy atom. The molecule has 0 aliphatic heterocycles. The lowest BCUT2D eigenvalue weighted by atomic mass is 9.82. The zero-order valence-electron chi connectivity index (χ0n) is 14.9. The number of ether oxygens (including phenoxy) is 1. The van der Waals surface area contributed by atoms with Crippen molar-refractivity contribution in [2.24, 2.45) is 0 Å². The van der Waals surface area contributed by atoms with Crippen LogP contribution < -0.4 is 15.4 Å². The van der Waals surface area contributed by atoms with E-state index in [0.29, 0.717) is 18.0 Å². The summed E-state index contributed by atoms with van der Waals surface area (Å²) in [5.41, 5.74) is 2.96. The van der Waals surface area contributed by atoms with E-state index in [-0.39, 0.29) is 5.91 Å². The SMILES string of the molecule is COc1ccc2c(c1)CCC[C@H]2CNC1CCC(NC(C)=O)CC1. The van der Waals surface area contributed by atoms with Crippen molar-refractivity contribution >= 4 is 5.91 Å². The van der Waals surface area contributed by atoms with Gasteiger partial charge in [-0.05, 0) is 74.1 Å². The first-order chi connectivity index (χ1) is 11.7. The fourth-order valence-corrected chi connectivity index (χ4v) is 4.27. The summed E-state index contributed by atoms with van der Waals surface area (Å²) in [7, 11) is 1.74. The standard InChI is InChI=1S/C20H30N2O2/c1-14(23)22-18-8-6-17(7-9-18)21-13-16-5-3-4-15-12-19(24-2)10-11-20(15)16/h10-12,16-18,21H,3-9,13H2,1-2H3,(H,22,23)/t16-,17?,18?/m0/s1. The molecule has 0 radical (unpaired) electrons. The highest BCUT2D eigenvalue weighted by molar-refractivity contribution is 5.73. The summed E-state index contributed by atoms with van der Waals surface area (Å²) in [5.74, 6) is 1.69. The quantitative estimate of drug-likeness (QED) is 0.872. The van der Waals surface area contributed by atoms with Crippen LogP contribution in [-0.2, 0) is 11.2 Å². The van der Waals surface area contributed by atoms with Gasteiger partial charge in [0.15, 0.2) is 0 Å². The average Bonchev–Trinajstić information content (AvgIpc) is 2.60. The van der Waals surface area contributed by atoms with Crippen LogP contribution in [0.3, 0.4) is 0 Å². The molecule has 0 unspecified atom stereocenters. The minimum absolute atomic E-state index is 0.0978. The molecule has 2 N–H and O–H groups in total. The van der Waals surface area contributed by atoms with Gasteiger partial charge >= 0.3 is 0 Å². The van der Waals surface area contributed by atoms with E-state index < -0.39 is 0 Å². The van der Waals surface area contributed by atoms with E-state index in [1.807, 2.05) is 0 Å². The second-order valence-corrected chi connectivity index (χ2v) is 7.31. The molecular formula is C20H30N2O2. The van der Waals surface area contributed by atoms with Crippen molar-refractivity contribution in [1.82, 2.24) is 10.6 Å². The summed E-state index contributed by atoms with van der Waals surface area (Å²) in [5, 5.41) is 6.84. The smallest absolute Gasteiger partial charge is 0.217 e. The fraction of sp³-hybridized carbons (Fsp3) is 0.650. The number of rotatable bonds is 5. The van der Waals surface area contributed by atoms with E-state index >= 15 is 0 Å². The minimum atomic E-state index is 0.0978. The van der Waals surface area contributed by atoms with Crippen LogP contribution in [0.25, 0.3) is 0 Å². The maximum Gasteiger partial charge on any atom is 0.217 e. The molecule has 0 saturated heterocycles. The molecule has 2 aliphatic carbocycles. The van der Waals surface area contributed by atoms with Crippen LogP contribution in [0.1, 0.15) is 62.5 Å². The van der Waals surface area contributed by atoms with Crippen molar-refractivity contribution in [1.29, 1.82) is 0 Å². The molecule has 1 fully saturated rings. The normalized spacial score (nSPS) is 26.5. The highest BCUT2D eigenvalue weighted by Crippen LogP contribution is 2.33. The highest BCUT2D eigenvalue weighted by atomic mass is 16.5. The van der Waals surface area contributed by atoms with Crippen molar-refractivity contribution in [3.05, 3.63) is 29.3 Å². The lowest BCUT2D eigenvalue weighted by Gasteiger charge is -2.32. The molecule has 1 saturated carbocycles. The van der Waals surface area contributed by atoms with E-state index in [4.69, 9.17) is 4.74 Å². The molecule has 1 amide bonds. The topological polar surface area (TPSA) is 50.4 Å². The molecular weight excluding hydrogens is 300 g/mol. The van der Waals surface area contributed by atoms with Gasteiger partial charge < -0.3 is 15.4 Å². The first-order valence-corrected chi connectivity index (χ1v) is 9.33. The van der Waals surface area contributed by atoms with Crippen LogP contribution in [0.5, 0.6) is 5.75 Å². The molecule has 1 aromatic carbocycles. The van der Waals surface area contributed by atoms with E-state index in [0.717, 1.165) is 38.0 Å². The number of nitrogens with one attached hydrogen (secondary N) is 2. The van der Waals surface area contributed by atoms with Crippen LogP contribution in [-0.4, -0.2) is 31.6 Å². The van der Waals surface area contributed by atoms with Gasteiger partial charge in [-0.25, -0.2) is 0 Å². The molecule has 1 aromatic rings. The van der Waals surface area contributed by atoms with Crippen LogP contribution in [0.4, 0.5) is 0 Å². The van der Waals surface area contributed by atoms with E-state index in [9.17, 15) is 4.79 Å². The molecule has 2 aliphatic rings. The average molecular weight is 330 g/mol. The van der Waals surface area contributed by atoms with Gasteiger partial charge in [-0.15, -0.1) is 0 Å². The van der Waals surface area contributed by atoms with Gasteiger partial charge in [-0.1, -0.05) is 6.07 Å². The Morgan fingerprint density at radius 2 is 1.92 bits per heavy atom. The number of benzene rings is 1. The number of hydrogen-bond donors (Lipinski definition) is 2. The minimum Gasteiger partial charge on any atom is -0.497 e. The van der Waals surface area contributed by atoms with E-state index in [1.165, 1.54) is 30.4 Å². The summed E-state index contributed by atoms with van der Waals surface area (Å²) in [6, 6.07) is 7.53. The predicted molar refractivity (Wildman–Crippen MR) is 96.5 cm³/mol. The Kier molecular flexibility index (Phi) is 5.77. The largest absolute Gasteiger partial charge is 0.497 e. The van der Waals surface area contributed by atoms with Gasteiger partial charge in [0.25, 0.3) is 0 Å². The Balaban J connectivity index is 1.51. The molecule has 0 heterocycles. The lowest BCUT2D eigenvalue weighted by Crippen LogP contribution is -2.42. The maximum absolute atomic E-state index is 11.2. The molecule has 132 valence electrons. The van der Waals surface area contributed by atoms with Crippen LogP contribution in [0.2, 0.25) is 0 Å². The van der Waals surface area contributed by atoms with Gasteiger partial charge in [0.1, 0.15) is 5.75 Å². The predicted octanol–water partition coefficient (Wildman–Crippen LogP) is 3.15. The Hall–Kier alpha value is -1.55. The van der Waals surface area contributed by atoms with Crippen molar-refractivity contribution < 1.29 is 9.53 Å². The third kappa shape index (κ3) is 4.29. The fourth-order valence-electron chi connectivity index (χ4n) is 4.27. The number of carbonyl (C=O) groups excluding carboxylic acids is 1. The van der Waals surface area contributed by atoms with Crippen molar-refractivity contribution in [3.63, 3.8) is 0 Å². The third-order valence-electron chi connectivity index (χ3n) is 5.58. The number of fused-ring (bicyclic) bond motifs is 1. The zero-order chi connectivity index (χ0) is 16.9. The van der Waals surface area contributed by atoms with Gasteiger partial charge in [-0.2, -0.15) is 0 Å². The summed E-state index contributed by atoms with van der Waals surface area (Å²) in [6.07, 6.45) is 8.21. The lowest BCUT2D eigenvalue weighted by molar-refractivity contribution is -0.119. The first-order valence-electron chi connectivity index (χ1n) is 9.33. The number of carbonyl (C=O) groups is 1. The zero-order valence-corrected chi connectivity index (χ0v) is 14.9. The second kappa shape index (κ2) is 8.02. The van der Waals surface area contributed by atoms with Crippen LogP contribution in [0.15, 0.2) is 18.2 Å². The van der Waals surface area contributed by atoms with Gasteiger partial charge in [0, 0.05) is 25.6 Å². The summed E-state index contributed by atoms with van der Waals surface area (Å²) < 4.78 is 5.36. The van der Waals surface area contributed by atoms with Crippen molar-refractivity contribution in [2.75, 3.05) is 13.7 Å². The van der Waals surface area contributed by atoms with Crippen molar-refractivity contribution in [2.45, 2.75) is 69.9 Å². The monoisotopic (exact) mass is 330 g/mol. The second-order valence-electron chi connectivity index (χ2n) is 7.31. The molecule has 0 aromatic heterocycles. The molecule has 0 bridgehead atoms. The highest BCUT2D eigenvalue weighted by Gasteiger charge is 2.24. The first kappa shape index (κ1) is 17.3. The van der Waals surface area contributed by atoms with Crippen LogP contribution in [0, 0.1) is 0 Å². The summed E-state index contributed by atoms with van der Waals surface area (Å²) in [4.78, 5) is 11.2. The summed E-state index contributed by atoms with van der Waals surface area (Å²) in [6.45, 7) is 2.68. The van der Waals surface area contributed by atoms with Gasteiger partial charge in [0.2, 0.25) is 5.91 Å². The van der Waals surface area contributed by atoms with Gasteiger partial charge in [-0.3, -0.25) is 4.79 Å². The molecule has 1 atom stereocenters. The Labute approximate surface area is 145 Å². The van der Waals surface area contributed by atoms with Crippen molar-refractivity contribution in [3.8, 4) is 5.75 Å². The van der Waals surface area contributed by atoms with Crippen LogP contribution >= 0.6 is 0 Å². The number of hydrogen-bond acceptors (Lipinski definition) is 3. The maximum atomic E-state index is 11.2.